The number of carbonyl (C=O) groups is 1. The monoisotopic (exact) mass is 351 g/mol. The third-order valence-electron chi connectivity index (χ3n) is 4.83. The van der Waals surface area contributed by atoms with Crippen LogP contribution in [-0.2, 0) is 10.0 Å². The maximum atomic E-state index is 12.9. The van der Waals surface area contributed by atoms with Crippen LogP contribution in [0.2, 0.25) is 0 Å². The van der Waals surface area contributed by atoms with Gasteiger partial charge >= 0.3 is 0 Å². The van der Waals surface area contributed by atoms with Crippen molar-refractivity contribution in [3.63, 3.8) is 0 Å². The summed E-state index contributed by atoms with van der Waals surface area (Å²) >= 11 is 0. The number of sulfonamides is 1. The average molecular weight is 351 g/mol. The van der Waals surface area contributed by atoms with Gasteiger partial charge in [-0.2, -0.15) is 0 Å². The minimum atomic E-state index is -3.55. The fourth-order valence-electron chi connectivity index (χ4n) is 3.04. The van der Waals surface area contributed by atoms with Crippen LogP contribution in [0.3, 0.4) is 0 Å². The van der Waals surface area contributed by atoms with E-state index in [9.17, 15) is 13.2 Å². The highest BCUT2D eigenvalue weighted by molar-refractivity contribution is 7.89. The molecule has 0 atom stereocenters. The molecule has 1 aliphatic carbocycles. The van der Waals surface area contributed by atoms with Crippen molar-refractivity contribution >= 4 is 15.9 Å². The van der Waals surface area contributed by atoms with Gasteiger partial charge in [-0.25, -0.2) is 13.1 Å². The molecule has 0 aromatic heterocycles. The molecule has 1 aromatic rings. The van der Waals surface area contributed by atoms with E-state index in [2.05, 4.69) is 10.0 Å². The van der Waals surface area contributed by atoms with Gasteiger partial charge in [-0.15, -0.1) is 0 Å². The molecule has 0 radical (unpaired) electrons. The van der Waals surface area contributed by atoms with E-state index in [0.29, 0.717) is 5.56 Å². The van der Waals surface area contributed by atoms with Gasteiger partial charge < -0.3 is 10.2 Å². The number of nitrogens with zero attached hydrogens (tertiary/aromatic N) is 1. The summed E-state index contributed by atoms with van der Waals surface area (Å²) in [6, 6.07) is 5.04. The molecule has 1 aromatic carbocycles. The van der Waals surface area contributed by atoms with E-state index in [-0.39, 0.29) is 22.9 Å². The van der Waals surface area contributed by atoms with Crippen molar-refractivity contribution in [1.82, 2.24) is 14.9 Å². The summed E-state index contributed by atoms with van der Waals surface area (Å²) in [6.45, 7) is 3.65. The lowest BCUT2D eigenvalue weighted by atomic mass is 10.0. The van der Waals surface area contributed by atoms with Crippen LogP contribution in [0.25, 0.3) is 0 Å². The van der Waals surface area contributed by atoms with E-state index in [1.807, 2.05) is 6.92 Å². The quantitative estimate of drug-likeness (QED) is 0.837. The minimum Gasteiger partial charge on any atom is -0.339 e. The Bertz CT molecular complexity index is 723. The van der Waals surface area contributed by atoms with Gasteiger partial charge in [0.2, 0.25) is 10.0 Å². The van der Waals surface area contributed by atoms with Crippen molar-refractivity contribution in [2.24, 2.45) is 0 Å². The molecule has 24 heavy (non-hydrogen) atoms. The van der Waals surface area contributed by atoms with Crippen LogP contribution in [-0.4, -0.2) is 51.4 Å². The van der Waals surface area contributed by atoms with E-state index < -0.39 is 10.0 Å². The molecule has 1 amide bonds. The predicted octanol–water partition coefficient (Wildman–Crippen LogP) is 1.26. The number of carbonyl (C=O) groups excluding carboxylic acids is 1. The maximum absolute atomic E-state index is 12.9. The summed E-state index contributed by atoms with van der Waals surface area (Å²) in [5, 5.41) is 3.29. The van der Waals surface area contributed by atoms with E-state index in [1.54, 1.807) is 24.1 Å². The largest absolute Gasteiger partial charge is 0.339 e. The van der Waals surface area contributed by atoms with E-state index in [4.69, 9.17) is 0 Å². The summed E-state index contributed by atoms with van der Waals surface area (Å²) in [5.41, 5.74) is 1.26. The topological polar surface area (TPSA) is 78.5 Å². The number of aryl methyl sites for hydroxylation is 1. The summed E-state index contributed by atoms with van der Waals surface area (Å²) in [7, 11) is -1.74. The minimum absolute atomic E-state index is 0.0490. The molecule has 0 spiro atoms. The molecule has 1 aliphatic heterocycles. The van der Waals surface area contributed by atoms with Crippen molar-refractivity contribution < 1.29 is 13.2 Å². The summed E-state index contributed by atoms with van der Waals surface area (Å²) in [6.07, 6.45) is 3.61. The van der Waals surface area contributed by atoms with Crippen LogP contribution in [0.5, 0.6) is 0 Å². The second-order valence-electron chi connectivity index (χ2n) is 6.77. The Morgan fingerprint density at radius 3 is 2.50 bits per heavy atom. The molecule has 1 saturated carbocycles. The lowest BCUT2D eigenvalue weighted by molar-refractivity contribution is 0.0702. The smallest absolute Gasteiger partial charge is 0.254 e. The van der Waals surface area contributed by atoms with Gasteiger partial charge in [0.25, 0.3) is 5.91 Å². The standard InChI is InChI=1S/C17H25N3O3S/c1-12-3-6-15(24(22,23)19-13-4-5-13)11-16(12)17(21)20(2)14-7-9-18-10-8-14/h3,6,11,13-14,18-19H,4-5,7-10H2,1-2H3. The molecular formula is C17H25N3O3S. The van der Waals surface area contributed by atoms with Gasteiger partial charge in [-0.3, -0.25) is 4.79 Å². The first kappa shape index (κ1) is 17.4. The van der Waals surface area contributed by atoms with Crippen LogP contribution in [0.15, 0.2) is 23.1 Å². The van der Waals surface area contributed by atoms with Gasteiger partial charge in [0.15, 0.2) is 0 Å². The Morgan fingerprint density at radius 1 is 1.21 bits per heavy atom. The van der Waals surface area contributed by atoms with Crippen LogP contribution < -0.4 is 10.0 Å². The van der Waals surface area contributed by atoms with E-state index in [1.165, 1.54) is 6.07 Å². The first-order valence-corrected chi connectivity index (χ1v) is 9.97. The predicted molar refractivity (Wildman–Crippen MR) is 92.5 cm³/mol. The third-order valence-corrected chi connectivity index (χ3v) is 6.34. The summed E-state index contributed by atoms with van der Waals surface area (Å²) in [4.78, 5) is 14.8. The van der Waals surface area contributed by atoms with Gasteiger partial charge in [-0.05, 0) is 63.4 Å². The molecule has 2 fully saturated rings. The number of nitrogens with one attached hydrogen (secondary N) is 2. The molecule has 1 saturated heterocycles. The molecular weight excluding hydrogens is 326 g/mol. The number of benzene rings is 1. The lowest BCUT2D eigenvalue weighted by Gasteiger charge is -2.32. The zero-order valence-corrected chi connectivity index (χ0v) is 15.0. The van der Waals surface area contributed by atoms with E-state index in [0.717, 1.165) is 44.3 Å². The van der Waals surface area contributed by atoms with Crippen molar-refractivity contribution in [2.75, 3.05) is 20.1 Å². The van der Waals surface area contributed by atoms with Crippen molar-refractivity contribution in [2.45, 2.75) is 49.6 Å². The molecule has 3 rings (SSSR count). The summed E-state index contributed by atoms with van der Waals surface area (Å²) < 4.78 is 27.5. The number of rotatable bonds is 5. The van der Waals surface area contributed by atoms with Crippen molar-refractivity contribution in [1.29, 1.82) is 0 Å². The highest BCUT2D eigenvalue weighted by Gasteiger charge is 2.29. The van der Waals surface area contributed by atoms with Gasteiger partial charge in [0.05, 0.1) is 4.90 Å². The molecule has 6 nitrogen and oxygen atoms in total. The third kappa shape index (κ3) is 3.79. The fraction of sp³-hybridized carbons (Fsp3) is 0.588. The van der Waals surface area contributed by atoms with Crippen LogP contribution >= 0.6 is 0 Å². The highest BCUT2D eigenvalue weighted by atomic mass is 32.2. The zero-order valence-electron chi connectivity index (χ0n) is 14.2. The number of amides is 1. The maximum Gasteiger partial charge on any atom is 0.254 e. The van der Waals surface area contributed by atoms with Crippen molar-refractivity contribution in [3.8, 4) is 0 Å². The van der Waals surface area contributed by atoms with Gasteiger partial charge in [0.1, 0.15) is 0 Å². The Hall–Kier alpha value is -1.44. The molecule has 2 N–H and O–H groups in total. The highest BCUT2D eigenvalue weighted by Crippen LogP contribution is 2.24. The normalized spacial score (nSPS) is 19.2. The Morgan fingerprint density at radius 2 is 1.88 bits per heavy atom. The zero-order chi connectivity index (χ0) is 17.3. The molecule has 0 bridgehead atoms. The fourth-order valence-corrected chi connectivity index (χ4v) is 4.37. The lowest BCUT2D eigenvalue weighted by Crippen LogP contribution is -2.44. The SMILES string of the molecule is Cc1ccc(S(=O)(=O)NC2CC2)cc1C(=O)N(C)C1CCNCC1. The van der Waals surface area contributed by atoms with Crippen LogP contribution in [0, 0.1) is 6.92 Å². The van der Waals surface area contributed by atoms with Crippen molar-refractivity contribution in [3.05, 3.63) is 29.3 Å². The number of hydrogen-bond acceptors (Lipinski definition) is 4. The molecule has 1 heterocycles. The Balaban J connectivity index is 1.83. The van der Waals surface area contributed by atoms with Gasteiger partial charge in [-0.1, -0.05) is 6.07 Å². The first-order chi connectivity index (χ1) is 11.4. The van der Waals surface area contributed by atoms with E-state index >= 15 is 0 Å². The average Bonchev–Trinajstić information content (AvgIpc) is 3.38. The second-order valence-corrected chi connectivity index (χ2v) is 8.48. The van der Waals surface area contributed by atoms with Crippen LogP contribution in [0.4, 0.5) is 0 Å². The Kier molecular flexibility index (Phi) is 4.94. The molecule has 2 aliphatic rings. The molecule has 7 heteroatoms. The van der Waals surface area contributed by atoms with Crippen LogP contribution in [0.1, 0.15) is 41.6 Å². The number of piperidine rings is 1. The van der Waals surface area contributed by atoms with Gasteiger partial charge in [0, 0.05) is 24.7 Å². The Labute approximate surface area is 143 Å². The first-order valence-electron chi connectivity index (χ1n) is 8.49. The molecule has 0 unspecified atom stereocenters. The molecule has 132 valence electrons. The summed E-state index contributed by atoms with van der Waals surface area (Å²) in [5.74, 6) is -0.108. The second kappa shape index (κ2) is 6.82. The number of hydrogen-bond donors (Lipinski definition) is 2.